The fourth-order valence-corrected chi connectivity index (χ4v) is 2.16. The molecule has 0 aliphatic heterocycles. The lowest BCUT2D eigenvalue weighted by atomic mass is 10.0. The van der Waals surface area contributed by atoms with Crippen LogP contribution in [0.5, 0.6) is 0 Å². The van der Waals surface area contributed by atoms with Crippen molar-refractivity contribution in [3.05, 3.63) is 42.0 Å². The molecule has 3 atom stereocenters. The molecule has 1 aromatic heterocycles. The predicted octanol–water partition coefficient (Wildman–Crippen LogP) is -0.445. The number of aliphatic hydroxyl groups excluding tert-OH is 1. The molecule has 0 fully saturated rings. The Hall–Kier alpha value is -2.88. The Labute approximate surface area is 143 Å². The first kappa shape index (κ1) is 18.5. The Bertz CT molecular complexity index is 724. The van der Waals surface area contributed by atoms with Crippen molar-refractivity contribution in [3.8, 4) is 0 Å². The van der Waals surface area contributed by atoms with Crippen LogP contribution in [-0.2, 0) is 16.1 Å². The van der Waals surface area contributed by atoms with Gasteiger partial charge in [0, 0.05) is 0 Å². The number of halogens is 1. The number of aromatic nitrogens is 4. The van der Waals surface area contributed by atoms with Gasteiger partial charge in [0.15, 0.2) is 0 Å². The minimum atomic E-state index is -1.08. The molecule has 0 radical (unpaired) electrons. The molecule has 0 saturated carbocycles. The van der Waals surface area contributed by atoms with Gasteiger partial charge in [-0.1, -0.05) is 12.1 Å². The first-order chi connectivity index (χ1) is 11.9. The van der Waals surface area contributed by atoms with E-state index in [0.29, 0.717) is 5.56 Å². The molecule has 0 aliphatic carbocycles. The zero-order valence-corrected chi connectivity index (χ0v) is 13.8. The molecule has 0 saturated heterocycles. The van der Waals surface area contributed by atoms with Gasteiger partial charge in [0.25, 0.3) is 0 Å². The predicted molar refractivity (Wildman–Crippen MR) is 84.4 cm³/mol. The van der Waals surface area contributed by atoms with Crippen LogP contribution in [0.15, 0.2) is 30.6 Å². The van der Waals surface area contributed by atoms with Crippen molar-refractivity contribution in [1.29, 1.82) is 0 Å². The molecule has 134 valence electrons. The summed E-state index contributed by atoms with van der Waals surface area (Å²) in [6.45, 7) is 2.98. The van der Waals surface area contributed by atoms with Crippen LogP contribution in [0.4, 0.5) is 4.39 Å². The maximum atomic E-state index is 13.2. The van der Waals surface area contributed by atoms with Gasteiger partial charge in [-0.2, -0.15) is 0 Å². The molecule has 2 unspecified atom stereocenters. The summed E-state index contributed by atoms with van der Waals surface area (Å²) in [4.78, 5) is 23.9. The van der Waals surface area contributed by atoms with Gasteiger partial charge in [-0.3, -0.25) is 9.59 Å². The van der Waals surface area contributed by atoms with Gasteiger partial charge in [-0.05, 0) is 42.0 Å². The van der Waals surface area contributed by atoms with E-state index in [-0.39, 0.29) is 6.54 Å². The molecule has 9 nitrogen and oxygen atoms in total. The van der Waals surface area contributed by atoms with Crippen molar-refractivity contribution in [3.63, 3.8) is 0 Å². The average molecular weight is 350 g/mol. The SMILES string of the molecule is CC(NC(=O)[C@H](C)NC(=O)Cn1cnnn1)C(O)c1cccc(F)c1. The Balaban J connectivity index is 1.86. The number of aliphatic hydroxyl groups is 1. The van der Waals surface area contributed by atoms with E-state index in [9.17, 15) is 19.1 Å². The number of carbonyl (C=O) groups is 2. The highest BCUT2D eigenvalue weighted by molar-refractivity contribution is 5.87. The summed E-state index contributed by atoms with van der Waals surface area (Å²) < 4.78 is 14.4. The highest BCUT2D eigenvalue weighted by Crippen LogP contribution is 2.17. The smallest absolute Gasteiger partial charge is 0.242 e. The molecule has 0 spiro atoms. The number of benzene rings is 1. The van der Waals surface area contributed by atoms with Crippen LogP contribution in [0.25, 0.3) is 0 Å². The van der Waals surface area contributed by atoms with Crippen molar-refractivity contribution in [2.45, 2.75) is 38.6 Å². The molecule has 3 N–H and O–H groups in total. The lowest BCUT2D eigenvalue weighted by Gasteiger charge is -2.23. The van der Waals surface area contributed by atoms with Crippen LogP contribution in [0, 0.1) is 5.82 Å². The maximum absolute atomic E-state index is 13.2. The Morgan fingerprint density at radius 1 is 1.32 bits per heavy atom. The molecule has 2 rings (SSSR count). The number of hydrogen-bond acceptors (Lipinski definition) is 6. The maximum Gasteiger partial charge on any atom is 0.242 e. The summed E-state index contributed by atoms with van der Waals surface area (Å²) in [6, 6.07) is 4.00. The van der Waals surface area contributed by atoms with Gasteiger partial charge in [0.05, 0.1) is 12.1 Å². The normalized spacial score (nSPS) is 14.4. The average Bonchev–Trinajstić information content (AvgIpc) is 3.06. The second-order valence-corrected chi connectivity index (χ2v) is 5.59. The molecule has 2 aromatic rings. The summed E-state index contributed by atoms with van der Waals surface area (Å²) >= 11 is 0. The number of tetrazole rings is 1. The first-order valence-corrected chi connectivity index (χ1v) is 7.61. The lowest BCUT2D eigenvalue weighted by Crippen LogP contribution is -2.49. The number of carbonyl (C=O) groups excluding carboxylic acids is 2. The third-order valence-corrected chi connectivity index (χ3v) is 3.50. The molecule has 10 heteroatoms. The lowest BCUT2D eigenvalue weighted by molar-refractivity contribution is -0.129. The summed E-state index contributed by atoms with van der Waals surface area (Å²) in [7, 11) is 0. The zero-order valence-electron chi connectivity index (χ0n) is 13.8. The van der Waals surface area contributed by atoms with E-state index in [2.05, 4.69) is 26.2 Å². The van der Waals surface area contributed by atoms with Crippen molar-refractivity contribution in [2.24, 2.45) is 0 Å². The van der Waals surface area contributed by atoms with Crippen LogP contribution in [0.1, 0.15) is 25.5 Å². The minimum Gasteiger partial charge on any atom is -0.386 e. The molecule has 1 aromatic carbocycles. The second-order valence-electron chi connectivity index (χ2n) is 5.59. The fraction of sp³-hybridized carbons (Fsp3) is 0.400. The highest BCUT2D eigenvalue weighted by atomic mass is 19.1. The van der Waals surface area contributed by atoms with Crippen LogP contribution >= 0.6 is 0 Å². The number of amides is 2. The molecule has 1 heterocycles. The summed E-state index contributed by atoms with van der Waals surface area (Å²) in [5, 5.41) is 25.6. The number of nitrogens with one attached hydrogen (secondary N) is 2. The van der Waals surface area contributed by atoms with E-state index < -0.39 is 35.8 Å². The zero-order chi connectivity index (χ0) is 18.4. The van der Waals surface area contributed by atoms with Crippen LogP contribution in [-0.4, -0.2) is 49.2 Å². The summed E-state index contributed by atoms with van der Waals surface area (Å²) in [5.41, 5.74) is 0.350. The molecule has 25 heavy (non-hydrogen) atoms. The van der Waals surface area contributed by atoms with Crippen LogP contribution in [0.3, 0.4) is 0 Å². The number of hydrogen-bond donors (Lipinski definition) is 3. The quantitative estimate of drug-likeness (QED) is 0.622. The largest absolute Gasteiger partial charge is 0.386 e. The molecular weight excluding hydrogens is 331 g/mol. The highest BCUT2D eigenvalue weighted by Gasteiger charge is 2.22. The molecule has 2 amide bonds. The number of nitrogens with zero attached hydrogens (tertiary/aromatic N) is 4. The van der Waals surface area contributed by atoms with Gasteiger partial charge < -0.3 is 15.7 Å². The summed E-state index contributed by atoms with van der Waals surface area (Å²) in [6.07, 6.45) is 0.200. The number of rotatable bonds is 7. The van der Waals surface area contributed by atoms with Gasteiger partial charge in [0.1, 0.15) is 24.7 Å². The van der Waals surface area contributed by atoms with Crippen LogP contribution < -0.4 is 10.6 Å². The van der Waals surface area contributed by atoms with E-state index in [0.717, 1.165) is 0 Å². The van der Waals surface area contributed by atoms with Gasteiger partial charge in [0.2, 0.25) is 11.8 Å². The molecule has 0 aliphatic rings. The Morgan fingerprint density at radius 3 is 2.72 bits per heavy atom. The monoisotopic (exact) mass is 350 g/mol. The van der Waals surface area contributed by atoms with Crippen molar-refractivity contribution < 1.29 is 19.1 Å². The standard InChI is InChI=1S/C15H19FN6O3/c1-9(14(24)11-4-3-5-12(16)6-11)19-15(25)10(2)18-13(23)7-22-8-17-20-21-22/h3-6,8-10,14,24H,7H2,1-2H3,(H,18,23)(H,19,25)/t9?,10-,14?/m0/s1. The van der Waals surface area contributed by atoms with E-state index in [1.165, 1.54) is 36.1 Å². The molecule has 0 bridgehead atoms. The van der Waals surface area contributed by atoms with Gasteiger partial charge >= 0.3 is 0 Å². The first-order valence-electron chi connectivity index (χ1n) is 7.61. The van der Waals surface area contributed by atoms with E-state index in [4.69, 9.17) is 0 Å². The summed E-state index contributed by atoms with van der Waals surface area (Å²) in [5.74, 6) is -1.39. The minimum absolute atomic E-state index is 0.119. The Morgan fingerprint density at radius 2 is 2.08 bits per heavy atom. The van der Waals surface area contributed by atoms with Gasteiger partial charge in [-0.25, -0.2) is 9.07 Å². The topological polar surface area (TPSA) is 122 Å². The van der Waals surface area contributed by atoms with Crippen molar-refractivity contribution in [1.82, 2.24) is 30.8 Å². The second kappa shape index (κ2) is 8.29. The van der Waals surface area contributed by atoms with E-state index >= 15 is 0 Å². The van der Waals surface area contributed by atoms with E-state index in [1.807, 2.05) is 0 Å². The third-order valence-electron chi connectivity index (χ3n) is 3.50. The van der Waals surface area contributed by atoms with E-state index in [1.54, 1.807) is 13.0 Å². The van der Waals surface area contributed by atoms with Crippen molar-refractivity contribution in [2.75, 3.05) is 0 Å². The third kappa shape index (κ3) is 5.31. The van der Waals surface area contributed by atoms with Gasteiger partial charge in [-0.15, -0.1) is 5.10 Å². The molecular formula is C15H19FN6O3. The van der Waals surface area contributed by atoms with Crippen LogP contribution in [0.2, 0.25) is 0 Å². The fourth-order valence-electron chi connectivity index (χ4n) is 2.16. The Kier molecular flexibility index (Phi) is 6.12. The van der Waals surface area contributed by atoms with Crippen molar-refractivity contribution >= 4 is 11.8 Å².